The Morgan fingerprint density at radius 2 is 1.04 bits per heavy atom. The number of benzene rings is 9. The molecule has 53 heavy (non-hydrogen) atoms. The predicted octanol–water partition coefficient (Wildman–Crippen LogP) is 13.2. The summed E-state index contributed by atoms with van der Waals surface area (Å²) >= 11 is 0. The summed E-state index contributed by atoms with van der Waals surface area (Å²) in [5, 5.41) is 7.39. The lowest BCUT2D eigenvalue weighted by Crippen LogP contribution is -2.32. The number of aromatic nitrogens is 1. The first-order valence-corrected chi connectivity index (χ1v) is 18.3. The fourth-order valence-corrected chi connectivity index (χ4v) is 9.62. The van der Waals surface area contributed by atoms with Crippen LogP contribution in [0.2, 0.25) is 0 Å². The second kappa shape index (κ2) is 10.6. The van der Waals surface area contributed by atoms with Crippen LogP contribution in [0.25, 0.3) is 71.3 Å². The third-order valence-electron chi connectivity index (χ3n) is 11.8. The molecule has 0 unspecified atom stereocenters. The molecule has 2 heterocycles. The fourth-order valence-electron chi connectivity index (χ4n) is 9.62. The number of para-hydroxylation sites is 1. The van der Waals surface area contributed by atoms with Crippen LogP contribution in [0.5, 0.6) is 11.5 Å². The molecule has 0 atom stereocenters. The average molecular weight is 674 g/mol. The molecule has 0 saturated heterocycles. The lowest BCUT2D eigenvalue weighted by Gasteiger charge is -2.39. The van der Waals surface area contributed by atoms with Crippen molar-refractivity contribution >= 4 is 43.4 Å². The van der Waals surface area contributed by atoms with E-state index in [4.69, 9.17) is 4.74 Å². The van der Waals surface area contributed by atoms with Crippen LogP contribution in [0, 0.1) is 0 Å². The molecule has 10 aromatic rings. The smallest absolute Gasteiger partial charge is 0.156 e. The number of fused-ring (bicyclic) bond motifs is 16. The topological polar surface area (TPSA) is 14.2 Å². The molecule has 2 heteroatoms. The normalized spacial score (nSPS) is 13.6. The van der Waals surface area contributed by atoms with E-state index < -0.39 is 5.41 Å². The van der Waals surface area contributed by atoms with Gasteiger partial charge in [-0.2, -0.15) is 0 Å². The molecule has 12 rings (SSSR count). The molecule has 0 amide bonds. The Morgan fingerprint density at radius 1 is 0.415 bits per heavy atom. The predicted molar refractivity (Wildman–Crippen MR) is 219 cm³/mol. The summed E-state index contributed by atoms with van der Waals surface area (Å²) in [6, 6.07) is 68.8. The maximum atomic E-state index is 7.22. The zero-order chi connectivity index (χ0) is 34.7. The Balaban J connectivity index is 1.18. The van der Waals surface area contributed by atoms with Crippen LogP contribution < -0.4 is 4.74 Å². The number of ether oxygens (including phenoxy) is 1. The minimum Gasteiger partial charge on any atom is -0.454 e. The minimum atomic E-state index is -0.533. The maximum Gasteiger partial charge on any atom is 0.156 e. The molecule has 2 nitrogen and oxygen atoms in total. The minimum absolute atomic E-state index is 0.533. The van der Waals surface area contributed by atoms with Gasteiger partial charge >= 0.3 is 0 Å². The molecule has 2 aliphatic rings. The Bertz CT molecular complexity index is 3100. The van der Waals surface area contributed by atoms with E-state index >= 15 is 0 Å². The van der Waals surface area contributed by atoms with Gasteiger partial charge in [0.1, 0.15) is 5.75 Å². The highest BCUT2D eigenvalue weighted by Crippen LogP contribution is 2.63. The quantitative estimate of drug-likeness (QED) is 0.178. The van der Waals surface area contributed by atoms with Gasteiger partial charge in [-0.25, -0.2) is 0 Å². The van der Waals surface area contributed by atoms with E-state index in [-0.39, 0.29) is 0 Å². The van der Waals surface area contributed by atoms with Crippen molar-refractivity contribution in [2.75, 3.05) is 0 Å². The van der Waals surface area contributed by atoms with E-state index in [0.29, 0.717) is 0 Å². The van der Waals surface area contributed by atoms with Crippen molar-refractivity contribution in [3.05, 3.63) is 210 Å². The van der Waals surface area contributed by atoms with Crippen LogP contribution in [0.4, 0.5) is 0 Å². The van der Waals surface area contributed by atoms with Gasteiger partial charge in [0.2, 0.25) is 0 Å². The largest absolute Gasteiger partial charge is 0.454 e. The van der Waals surface area contributed by atoms with Crippen molar-refractivity contribution in [1.29, 1.82) is 0 Å². The molecule has 1 aromatic heterocycles. The summed E-state index contributed by atoms with van der Waals surface area (Å²) in [6.07, 6.45) is 0. The molecule has 0 bridgehead atoms. The average Bonchev–Trinajstić information content (AvgIpc) is 3.73. The van der Waals surface area contributed by atoms with Gasteiger partial charge in [-0.3, -0.25) is 0 Å². The van der Waals surface area contributed by atoms with Gasteiger partial charge < -0.3 is 9.30 Å². The van der Waals surface area contributed by atoms with E-state index in [1.807, 2.05) is 0 Å². The summed E-state index contributed by atoms with van der Waals surface area (Å²) in [6.45, 7) is 0. The van der Waals surface area contributed by atoms with Crippen molar-refractivity contribution in [1.82, 2.24) is 4.57 Å². The van der Waals surface area contributed by atoms with E-state index in [2.05, 4.69) is 193 Å². The lowest BCUT2D eigenvalue weighted by molar-refractivity contribution is 0.440. The molecule has 0 N–H and O–H groups in total. The summed E-state index contributed by atoms with van der Waals surface area (Å²) in [5.74, 6) is 1.80. The van der Waals surface area contributed by atoms with Crippen LogP contribution in [0.1, 0.15) is 22.3 Å². The second-order valence-electron chi connectivity index (χ2n) is 14.4. The van der Waals surface area contributed by atoms with E-state index in [0.717, 1.165) is 28.2 Å². The number of hydrogen-bond donors (Lipinski definition) is 0. The van der Waals surface area contributed by atoms with Crippen LogP contribution in [0.15, 0.2) is 188 Å². The molecule has 1 spiro atoms. The van der Waals surface area contributed by atoms with Crippen molar-refractivity contribution in [3.8, 4) is 39.4 Å². The van der Waals surface area contributed by atoms with Gasteiger partial charge in [0.05, 0.1) is 16.4 Å². The molecule has 0 radical (unpaired) electrons. The number of nitrogens with zero attached hydrogens (tertiary/aromatic N) is 1. The fraction of sp³-hybridized carbons (Fsp3) is 0.0196. The van der Waals surface area contributed by atoms with Crippen molar-refractivity contribution in [2.45, 2.75) is 5.41 Å². The summed E-state index contributed by atoms with van der Waals surface area (Å²) in [7, 11) is 0. The summed E-state index contributed by atoms with van der Waals surface area (Å²) in [4.78, 5) is 0. The number of rotatable bonds is 2. The van der Waals surface area contributed by atoms with Crippen molar-refractivity contribution in [2.24, 2.45) is 0 Å². The van der Waals surface area contributed by atoms with E-state index in [1.54, 1.807) is 0 Å². The van der Waals surface area contributed by atoms with Crippen LogP contribution in [-0.4, -0.2) is 4.57 Å². The maximum absolute atomic E-state index is 7.22. The molecule has 1 aliphatic heterocycles. The van der Waals surface area contributed by atoms with Gasteiger partial charge in [-0.15, -0.1) is 0 Å². The zero-order valence-corrected chi connectivity index (χ0v) is 28.8. The Labute approximate surface area is 306 Å². The highest BCUT2D eigenvalue weighted by Gasteiger charge is 2.51. The van der Waals surface area contributed by atoms with Crippen LogP contribution in [-0.2, 0) is 5.41 Å². The Kier molecular flexibility index (Phi) is 5.73. The van der Waals surface area contributed by atoms with Gasteiger partial charge in [0.25, 0.3) is 0 Å². The lowest BCUT2D eigenvalue weighted by atomic mass is 9.66. The molecule has 0 fully saturated rings. The first-order valence-electron chi connectivity index (χ1n) is 18.3. The Hall–Kier alpha value is -6.90. The molecular formula is C51H31NO. The van der Waals surface area contributed by atoms with Crippen LogP contribution in [0.3, 0.4) is 0 Å². The van der Waals surface area contributed by atoms with Gasteiger partial charge in [-0.1, -0.05) is 158 Å². The highest BCUT2D eigenvalue weighted by atomic mass is 16.5. The van der Waals surface area contributed by atoms with Gasteiger partial charge in [0, 0.05) is 27.6 Å². The number of hydrogen-bond acceptors (Lipinski definition) is 1. The van der Waals surface area contributed by atoms with Crippen molar-refractivity contribution in [3.63, 3.8) is 0 Å². The van der Waals surface area contributed by atoms with E-state index in [1.165, 1.54) is 76.8 Å². The SMILES string of the molecule is c1ccc2c(c1)Oc1c(ccc3c4c5ccccc5ccc4n(-c4ccc(-c5ccc6ccccc6c5)cc4)c13)C21c2ccccc2-c2ccccc21. The third kappa shape index (κ3) is 3.77. The standard InChI is InChI=1S/C51H31NO/c1-2-13-35-31-36(22-21-32(35)11-1)33-23-26-37(27-24-33)52-46-30-25-34-12-3-4-14-38(34)48(46)41-28-29-45-50(49(41)52)53-47-20-10-9-19-44(47)51(45)42-17-7-5-15-39(42)40-16-6-8-18-43(40)51/h1-31H. The van der Waals surface area contributed by atoms with Crippen LogP contribution >= 0.6 is 0 Å². The molecule has 246 valence electrons. The summed E-state index contributed by atoms with van der Waals surface area (Å²) in [5.41, 5.74) is 12.7. The monoisotopic (exact) mass is 673 g/mol. The molecule has 1 aliphatic carbocycles. The Morgan fingerprint density at radius 3 is 1.83 bits per heavy atom. The highest BCUT2D eigenvalue weighted by molar-refractivity contribution is 6.22. The second-order valence-corrected chi connectivity index (χ2v) is 14.4. The summed E-state index contributed by atoms with van der Waals surface area (Å²) < 4.78 is 9.66. The zero-order valence-electron chi connectivity index (χ0n) is 28.8. The molecule has 0 saturated carbocycles. The molecular weight excluding hydrogens is 643 g/mol. The first kappa shape index (κ1) is 28.8. The molecule has 9 aromatic carbocycles. The van der Waals surface area contributed by atoms with Crippen molar-refractivity contribution < 1.29 is 4.74 Å². The van der Waals surface area contributed by atoms with Gasteiger partial charge in [0.15, 0.2) is 5.75 Å². The first-order chi connectivity index (χ1) is 26.3. The van der Waals surface area contributed by atoms with Gasteiger partial charge in [-0.05, 0) is 85.3 Å². The van der Waals surface area contributed by atoms with E-state index in [9.17, 15) is 0 Å². The third-order valence-corrected chi connectivity index (χ3v) is 11.8.